The van der Waals surface area contributed by atoms with Crippen molar-refractivity contribution in [3.63, 3.8) is 0 Å². The Bertz CT molecular complexity index is 1270. The van der Waals surface area contributed by atoms with Crippen molar-refractivity contribution < 1.29 is 4.79 Å². The summed E-state index contributed by atoms with van der Waals surface area (Å²) < 4.78 is 3.61. The lowest BCUT2D eigenvalue weighted by Crippen LogP contribution is -2.14. The van der Waals surface area contributed by atoms with Crippen LogP contribution in [0, 0.1) is 11.3 Å². The third-order valence-corrected chi connectivity index (χ3v) is 5.58. The minimum Gasteiger partial charge on any atom is -0.325 e. The second-order valence-corrected chi connectivity index (χ2v) is 7.77. The molecule has 0 saturated carbocycles. The fraction of sp³-hybridized carbons (Fsp3) is 0.136. The minimum atomic E-state index is -0.184. The Morgan fingerprint density at radius 1 is 1.13 bits per heavy atom. The quantitative estimate of drug-likeness (QED) is 0.471. The molecule has 0 unspecified atom stereocenters. The van der Waals surface area contributed by atoms with Gasteiger partial charge in [0, 0.05) is 31.5 Å². The molecular weight excluding hydrogens is 410 g/mol. The highest BCUT2D eigenvalue weighted by Crippen LogP contribution is 2.31. The minimum absolute atomic E-state index is 0.168. The van der Waals surface area contributed by atoms with Gasteiger partial charge in [0.05, 0.1) is 22.9 Å². The molecule has 0 spiro atoms. The predicted molar refractivity (Wildman–Crippen MR) is 119 cm³/mol. The zero-order valence-electron chi connectivity index (χ0n) is 17.0. The lowest BCUT2D eigenvalue weighted by Gasteiger charge is -2.06. The Kier molecular flexibility index (Phi) is 5.82. The number of rotatable bonds is 6. The van der Waals surface area contributed by atoms with Crippen LogP contribution in [0.2, 0.25) is 0 Å². The number of aryl methyl sites for hydroxylation is 1. The largest absolute Gasteiger partial charge is 0.325 e. The number of carbonyl (C=O) groups excluding carboxylic acids is 1. The van der Waals surface area contributed by atoms with Crippen LogP contribution in [-0.2, 0) is 18.9 Å². The fourth-order valence-electron chi connectivity index (χ4n) is 3.13. The number of carbonyl (C=O) groups is 1. The zero-order valence-corrected chi connectivity index (χ0v) is 17.8. The van der Waals surface area contributed by atoms with E-state index in [0.717, 1.165) is 16.8 Å². The van der Waals surface area contributed by atoms with Gasteiger partial charge in [-0.05, 0) is 18.2 Å². The summed E-state index contributed by atoms with van der Waals surface area (Å²) in [6.45, 7) is 0. The number of amides is 1. The van der Waals surface area contributed by atoms with Gasteiger partial charge in [-0.3, -0.25) is 9.48 Å². The first-order valence-electron chi connectivity index (χ1n) is 9.47. The van der Waals surface area contributed by atoms with E-state index in [4.69, 9.17) is 5.26 Å². The Hall–Kier alpha value is -3.90. The molecule has 0 atom stereocenters. The number of nitriles is 1. The summed E-state index contributed by atoms with van der Waals surface area (Å²) >= 11 is 1.29. The Labute approximate surface area is 183 Å². The first kappa shape index (κ1) is 20.4. The highest BCUT2D eigenvalue weighted by atomic mass is 32.2. The average Bonchev–Trinajstić information content (AvgIpc) is 3.35. The number of aromatic nitrogens is 5. The first-order valence-corrected chi connectivity index (χ1v) is 10.5. The van der Waals surface area contributed by atoms with Gasteiger partial charge in [0.25, 0.3) is 0 Å². The van der Waals surface area contributed by atoms with Gasteiger partial charge in [0.1, 0.15) is 5.69 Å². The molecule has 2 heterocycles. The molecule has 0 fully saturated rings. The summed E-state index contributed by atoms with van der Waals surface area (Å²) in [4.78, 5) is 12.3. The highest BCUT2D eigenvalue weighted by Gasteiger charge is 2.19. The van der Waals surface area contributed by atoms with Crippen LogP contribution < -0.4 is 5.32 Å². The lowest BCUT2D eigenvalue weighted by atomic mass is 10.1. The smallest absolute Gasteiger partial charge is 0.234 e. The van der Waals surface area contributed by atoms with Crippen LogP contribution in [0.25, 0.3) is 22.6 Å². The van der Waals surface area contributed by atoms with Crippen molar-refractivity contribution in [1.29, 1.82) is 5.26 Å². The monoisotopic (exact) mass is 429 g/mol. The van der Waals surface area contributed by atoms with Gasteiger partial charge < -0.3 is 9.88 Å². The number of nitrogens with one attached hydrogen (secondary N) is 1. The molecular formula is C22H19N7OS. The van der Waals surface area contributed by atoms with Crippen molar-refractivity contribution >= 4 is 23.4 Å². The number of hydrogen-bond donors (Lipinski definition) is 1. The molecule has 2 aromatic heterocycles. The maximum atomic E-state index is 12.3. The standard InChI is InChI=1S/C22H19N7OS/c1-28-13-18(20(27-28)16-8-4-3-5-9-16)21-25-26-22(29(21)2)31-14-19(30)24-17-10-6-7-15(11-17)12-23/h3-11,13H,14H2,1-2H3,(H,24,30). The molecule has 2 aromatic carbocycles. The van der Waals surface area contributed by atoms with Crippen molar-refractivity contribution in [2.75, 3.05) is 11.1 Å². The van der Waals surface area contributed by atoms with Crippen LogP contribution >= 0.6 is 11.8 Å². The molecule has 0 aliphatic heterocycles. The lowest BCUT2D eigenvalue weighted by molar-refractivity contribution is -0.113. The van der Waals surface area contributed by atoms with Gasteiger partial charge in [0.15, 0.2) is 11.0 Å². The van der Waals surface area contributed by atoms with E-state index < -0.39 is 0 Å². The first-order chi connectivity index (χ1) is 15.0. The van der Waals surface area contributed by atoms with Crippen molar-refractivity contribution in [3.05, 3.63) is 66.4 Å². The molecule has 0 aliphatic carbocycles. The summed E-state index contributed by atoms with van der Waals surface area (Å²) in [5, 5.41) is 25.6. The van der Waals surface area contributed by atoms with Crippen LogP contribution in [-0.4, -0.2) is 36.2 Å². The normalized spacial score (nSPS) is 10.6. The van der Waals surface area contributed by atoms with Crippen LogP contribution in [0.1, 0.15) is 5.56 Å². The molecule has 1 amide bonds. The van der Waals surface area contributed by atoms with Gasteiger partial charge in [-0.25, -0.2) is 0 Å². The summed E-state index contributed by atoms with van der Waals surface area (Å²) in [7, 11) is 3.74. The zero-order chi connectivity index (χ0) is 21.8. The van der Waals surface area contributed by atoms with E-state index >= 15 is 0 Å². The van der Waals surface area contributed by atoms with E-state index in [1.54, 1.807) is 28.9 Å². The maximum absolute atomic E-state index is 12.3. The fourth-order valence-corrected chi connectivity index (χ4v) is 3.84. The second kappa shape index (κ2) is 8.85. The molecule has 1 N–H and O–H groups in total. The van der Waals surface area contributed by atoms with Crippen molar-refractivity contribution in [2.24, 2.45) is 14.1 Å². The molecule has 154 valence electrons. The topological polar surface area (TPSA) is 101 Å². The Balaban J connectivity index is 1.49. The summed E-state index contributed by atoms with van der Waals surface area (Å²) in [5.74, 6) is 0.661. The molecule has 4 aromatic rings. The van der Waals surface area contributed by atoms with Gasteiger partial charge in [-0.2, -0.15) is 10.4 Å². The van der Waals surface area contributed by atoms with E-state index in [9.17, 15) is 4.79 Å². The molecule has 9 heteroatoms. The van der Waals surface area contributed by atoms with E-state index in [-0.39, 0.29) is 11.7 Å². The Morgan fingerprint density at radius 2 is 1.94 bits per heavy atom. The molecule has 0 radical (unpaired) electrons. The van der Waals surface area contributed by atoms with Crippen LogP contribution in [0.4, 0.5) is 5.69 Å². The summed E-state index contributed by atoms with van der Waals surface area (Å²) in [6.07, 6.45) is 1.91. The SMILES string of the molecule is Cn1cc(-c2nnc(SCC(=O)Nc3cccc(C#N)c3)n2C)c(-c2ccccc2)n1. The molecule has 8 nitrogen and oxygen atoms in total. The van der Waals surface area contributed by atoms with E-state index in [1.165, 1.54) is 11.8 Å². The van der Waals surface area contributed by atoms with Gasteiger partial charge in [0.2, 0.25) is 5.91 Å². The van der Waals surface area contributed by atoms with E-state index in [2.05, 4.69) is 26.7 Å². The summed E-state index contributed by atoms with van der Waals surface area (Å²) in [5.41, 5.74) is 3.77. The number of thioether (sulfide) groups is 1. The van der Waals surface area contributed by atoms with Crippen LogP contribution in [0.3, 0.4) is 0 Å². The number of benzene rings is 2. The number of anilines is 1. The molecule has 0 saturated heterocycles. The molecule has 0 bridgehead atoms. The van der Waals surface area contributed by atoms with E-state index in [0.29, 0.717) is 22.2 Å². The molecule has 4 rings (SSSR count). The second-order valence-electron chi connectivity index (χ2n) is 6.83. The molecule has 31 heavy (non-hydrogen) atoms. The summed E-state index contributed by atoms with van der Waals surface area (Å²) in [6, 6.07) is 18.8. The molecule has 0 aliphatic rings. The van der Waals surface area contributed by atoms with Crippen molar-refractivity contribution in [2.45, 2.75) is 5.16 Å². The maximum Gasteiger partial charge on any atom is 0.234 e. The third kappa shape index (κ3) is 4.49. The van der Waals surface area contributed by atoms with Crippen molar-refractivity contribution in [3.8, 4) is 28.7 Å². The highest BCUT2D eigenvalue weighted by molar-refractivity contribution is 7.99. The number of nitrogens with zero attached hydrogens (tertiary/aromatic N) is 6. The Morgan fingerprint density at radius 3 is 2.71 bits per heavy atom. The van der Waals surface area contributed by atoms with Crippen LogP contribution in [0.5, 0.6) is 0 Å². The van der Waals surface area contributed by atoms with Crippen LogP contribution in [0.15, 0.2) is 66.0 Å². The third-order valence-electron chi connectivity index (χ3n) is 4.56. The average molecular weight is 430 g/mol. The van der Waals surface area contributed by atoms with E-state index in [1.807, 2.05) is 55.2 Å². The predicted octanol–water partition coefficient (Wildman–Crippen LogP) is 3.49. The van der Waals surface area contributed by atoms with Gasteiger partial charge in [-0.1, -0.05) is 48.2 Å². The van der Waals surface area contributed by atoms with Gasteiger partial charge >= 0.3 is 0 Å². The number of hydrogen-bond acceptors (Lipinski definition) is 6. The van der Waals surface area contributed by atoms with Crippen molar-refractivity contribution in [1.82, 2.24) is 24.5 Å². The van der Waals surface area contributed by atoms with Gasteiger partial charge in [-0.15, -0.1) is 10.2 Å².